The van der Waals surface area contributed by atoms with Crippen LogP contribution in [0.25, 0.3) is 0 Å². The zero-order valence-electron chi connectivity index (χ0n) is 15.6. The number of carbonyl (C=O) groups excluding carboxylic acids is 2. The number of rotatable bonds is 8. The Bertz CT molecular complexity index is 801. The van der Waals surface area contributed by atoms with Gasteiger partial charge in [0.15, 0.2) is 0 Å². The van der Waals surface area contributed by atoms with E-state index in [-0.39, 0.29) is 11.8 Å². The predicted molar refractivity (Wildman–Crippen MR) is 106 cm³/mol. The summed E-state index contributed by atoms with van der Waals surface area (Å²) in [5.41, 5.74) is 2.04. The normalized spacial score (nSPS) is 14.1. The zero-order valence-corrected chi connectivity index (χ0v) is 15.6. The molecule has 0 bridgehead atoms. The van der Waals surface area contributed by atoms with Crippen molar-refractivity contribution in [3.05, 3.63) is 54.1 Å². The van der Waals surface area contributed by atoms with E-state index < -0.39 is 6.04 Å². The molecule has 0 spiro atoms. The van der Waals surface area contributed by atoms with E-state index in [2.05, 4.69) is 16.0 Å². The Hall–Kier alpha value is -3.02. The Morgan fingerprint density at radius 1 is 1.11 bits per heavy atom. The highest BCUT2D eigenvalue weighted by Gasteiger charge is 2.23. The minimum Gasteiger partial charge on any atom is -0.492 e. The highest BCUT2D eigenvalue weighted by atomic mass is 16.5. The Labute approximate surface area is 159 Å². The maximum Gasteiger partial charge on any atom is 0.251 e. The van der Waals surface area contributed by atoms with Gasteiger partial charge in [-0.3, -0.25) is 9.59 Å². The molecule has 0 heterocycles. The first-order valence-corrected chi connectivity index (χ1v) is 9.27. The van der Waals surface area contributed by atoms with Gasteiger partial charge in [-0.2, -0.15) is 0 Å². The van der Waals surface area contributed by atoms with Crippen molar-refractivity contribution in [2.75, 3.05) is 17.2 Å². The third-order valence-electron chi connectivity index (χ3n) is 4.28. The molecule has 6 nitrogen and oxygen atoms in total. The lowest BCUT2D eigenvalue weighted by atomic mass is 10.1. The number of benzene rings is 2. The Morgan fingerprint density at radius 2 is 1.81 bits per heavy atom. The van der Waals surface area contributed by atoms with Crippen LogP contribution < -0.4 is 20.7 Å². The van der Waals surface area contributed by atoms with Gasteiger partial charge in [-0.05, 0) is 63.1 Å². The summed E-state index contributed by atoms with van der Waals surface area (Å²) < 4.78 is 5.53. The maximum atomic E-state index is 12.5. The molecule has 2 aromatic carbocycles. The fourth-order valence-electron chi connectivity index (χ4n) is 2.62. The summed E-state index contributed by atoms with van der Waals surface area (Å²) in [5, 5.41) is 8.99. The first-order chi connectivity index (χ1) is 13.1. The quantitative estimate of drug-likeness (QED) is 0.668. The number of hydrogen-bond acceptors (Lipinski definition) is 4. The number of ether oxygens (including phenoxy) is 1. The van der Waals surface area contributed by atoms with Gasteiger partial charge >= 0.3 is 0 Å². The standard InChI is InChI=1S/C21H25N3O3/c1-3-27-19-7-5-4-6-18(19)24-20(25)14(2)22-16-10-8-15(9-11-16)21(26)23-17-12-13-17/h4-11,14,17,22H,3,12-13H2,1-2H3,(H,23,26)(H,24,25). The van der Waals surface area contributed by atoms with Crippen LogP contribution in [0.4, 0.5) is 11.4 Å². The second-order valence-electron chi connectivity index (χ2n) is 6.61. The van der Waals surface area contributed by atoms with Crippen LogP contribution in [-0.2, 0) is 4.79 Å². The molecular weight excluding hydrogens is 342 g/mol. The van der Waals surface area contributed by atoms with Gasteiger partial charge in [0, 0.05) is 17.3 Å². The van der Waals surface area contributed by atoms with E-state index in [0.717, 1.165) is 18.5 Å². The van der Waals surface area contributed by atoms with Crippen LogP contribution in [0.3, 0.4) is 0 Å². The fourth-order valence-corrected chi connectivity index (χ4v) is 2.62. The molecule has 1 unspecified atom stereocenters. The Balaban J connectivity index is 1.57. The highest BCUT2D eigenvalue weighted by Crippen LogP contribution is 2.24. The van der Waals surface area contributed by atoms with Crippen LogP contribution in [0.2, 0.25) is 0 Å². The molecular formula is C21H25N3O3. The van der Waals surface area contributed by atoms with Crippen molar-refractivity contribution in [1.29, 1.82) is 0 Å². The van der Waals surface area contributed by atoms with E-state index in [4.69, 9.17) is 4.74 Å². The fraction of sp³-hybridized carbons (Fsp3) is 0.333. The van der Waals surface area contributed by atoms with E-state index in [9.17, 15) is 9.59 Å². The molecule has 3 rings (SSSR count). The molecule has 1 aliphatic rings. The lowest BCUT2D eigenvalue weighted by Gasteiger charge is -2.17. The Kier molecular flexibility index (Phi) is 5.96. The molecule has 1 fully saturated rings. The van der Waals surface area contributed by atoms with Crippen LogP contribution >= 0.6 is 0 Å². The number of amides is 2. The molecule has 27 heavy (non-hydrogen) atoms. The van der Waals surface area contributed by atoms with Crippen molar-refractivity contribution in [2.24, 2.45) is 0 Å². The van der Waals surface area contributed by atoms with Crippen LogP contribution in [0, 0.1) is 0 Å². The summed E-state index contributed by atoms with van der Waals surface area (Å²) in [6.07, 6.45) is 2.12. The smallest absolute Gasteiger partial charge is 0.251 e. The second kappa shape index (κ2) is 8.58. The molecule has 1 atom stereocenters. The monoisotopic (exact) mass is 367 g/mol. The number of carbonyl (C=O) groups is 2. The molecule has 0 aliphatic heterocycles. The van der Waals surface area contributed by atoms with E-state index in [1.54, 1.807) is 31.2 Å². The third-order valence-corrected chi connectivity index (χ3v) is 4.28. The second-order valence-corrected chi connectivity index (χ2v) is 6.61. The van der Waals surface area contributed by atoms with E-state index in [0.29, 0.717) is 29.6 Å². The minimum absolute atomic E-state index is 0.0534. The van der Waals surface area contributed by atoms with Crippen LogP contribution in [0.1, 0.15) is 37.0 Å². The molecule has 3 N–H and O–H groups in total. The van der Waals surface area contributed by atoms with Crippen LogP contribution in [0.5, 0.6) is 5.75 Å². The van der Waals surface area contributed by atoms with E-state index in [1.807, 2.05) is 31.2 Å². The van der Waals surface area contributed by atoms with Crippen molar-refractivity contribution in [2.45, 2.75) is 38.8 Å². The maximum absolute atomic E-state index is 12.5. The number of hydrogen-bond donors (Lipinski definition) is 3. The molecule has 0 radical (unpaired) electrons. The van der Waals surface area contributed by atoms with Gasteiger partial charge in [0.25, 0.3) is 5.91 Å². The largest absolute Gasteiger partial charge is 0.492 e. The lowest BCUT2D eigenvalue weighted by molar-refractivity contribution is -0.116. The minimum atomic E-state index is -0.453. The summed E-state index contributed by atoms with van der Waals surface area (Å²) in [6, 6.07) is 14.4. The molecule has 1 saturated carbocycles. The van der Waals surface area contributed by atoms with Crippen molar-refractivity contribution in [3.63, 3.8) is 0 Å². The lowest BCUT2D eigenvalue weighted by Crippen LogP contribution is -2.32. The van der Waals surface area contributed by atoms with E-state index >= 15 is 0 Å². The predicted octanol–water partition coefficient (Wildman–Crippen LogP) is 3.42. The molecule has 2 amide bonds. The van der Waals surface area contributed by atoms with Crippen molar-refractivity contribution < 1.29 is 14.3 Å². The third kappa shape index (κ3) is 5.23. The van der Waals surface area contributed by atoms with Crippen molar-refractivity contribution in [1.82, 2.24) is 5.32 Å². The van der Waals surface area contributed by atoms with Crippen molar-refractivity contribution in [3.8, 4) is 5.75 Å². The van der Waals surface area contributed by atoms with Gasteiger partial charge in [0.2, 0.25) is 5.91 Å². The van der Waals surface area contributed by atoms with Gasteiger partial charge in [0.05, 0.1) is 12.3 Å². The summed E-state index contributed by atoms with van der Waals surface area (Å²) in [5.74, 6) is 0.423. The summed E-state index contributed by atoms with van der Waals surface area (Å²) >= 11 is 0. The first-order valence-electron chi connectivity index (χ1n) is 9.27. The number of nitrogens with one attached hydrogen (secondary N) is 3. The highest BCUT2D eigenvalue weighted by molar-refractivity contribution is 5.98. The number of anilines is 2. The summed E-state index contributed by atoms with van der Waals surface area (Å²) in [4.78, 5) is 24.5. The Morgan fingerprint density at radius 3 is 2.48 bits per heavy atom. The summed E-state index contributed by atoms with van der Waals surface area (Å²) in [6.45, 7) is 4.21. The van der Waals surface area contributed by atoms with Gasteiger partial charge in [-0.1, -0.05) is 12.1 Å². The topological polar surface area (TPSA) is 79.5 Å². The molecule has 2 aromatic rings. The van der Waals surface area contributed by atoms with Crippen molar-refractivity contribution >= 4 is 23.2 Å². The van der Waals surface area contributed by atoms with Gasteiger partial charge in [-0.15, -0.1) is 0 Å². The van der Waals surface area contributed by atoms with Crippen LogP contribution in [0.15, 0.2) is 48.5 Å². The van der Waals surface area contributed by atoms with Crippen LogP contribution in [-0.4, -0.2) is 30.5 Å². The summed E-state index contributed by atoms with van der Waals surface area (Å²) in [7, 11) is 0. The molecule has 0 aromatic heterocycles. The first kappa shape index (κ1) is 18.8. The van der Waals surface area contributed by atoms with Gasteiger partial charge in [-0.25, -0.2) is 0 Å². The molecule has 6 heteroatoms. The number of para-hydroxylation sites is 2. The van der Waals surface area contributed by atoms with Gasteiger partial charge < -0.3 is 20.7 Å². The molecule has 142 valence electrons. The van der Waals surface area contributed by atoms with E-state index in [1.165, 1.54) is 0 Å². The average molecular weight is 367 g/mol. The molecule has 1 aliphatic carbocycles. The van der Waals surface area contributed by atoms with Gasteiger partial charge in [0.1, 0.15) is 11.8 Å². The zero-order chi connectivity index (χ0) is 19.2. The SMILES string of the molecule is CCOc1ccccc1NC(=O)C(C)Nc1ccc(C(=O)NC2CC2)cc1. The molecule has 0 saturated heterocycles. The average Bonchev–Trinajstić information content (AvgIpc) is 3.48.